The third-order valence-electron chi connectivity index (χ3n) is 5.56. The Balaban J connectivity index is 1.85. The van der Waals surface area contributed by atoms with Crippen LogP contribution in [0.1, 0.15) is 51.0 Å². The maximum atomic E-state index is 13.3. The molecule has 3 rings (SSSR count). The first-order chi connectivity index (χ1) is 14.9. The van der Waals surface area contributed by atoms with Gasteiger partial charge in [0.15, 0.2) is 5.69 Å². The van der Waals surface area contributed by atoms with Crippen molar-refractivity contribution in [2.24, 2.45) is 0 Å². The average molecular weight is 465 g/mol. The summed E-state index contributed by atoms with van der Waals surface area (Å²) in [5.41, 5.74) is 6.35. The molecule has 0 bridgehead atoms. The van der Waals surface area contributed by atoms with Crippen molar-refractivity contribution < 1.29 is 4.79 Å². The predicted octanol–water partition coefficient (Wildman–Crippen LogP) is 3.78. The van der Waals surface area contributed by atoms with E-state index < -0.39 is 11.2 Å². The van der Waals surface area contributed by atoms with Crippen molar-refractivity contribution in [3.8, 4) is 0 Å². The number of nitrogen functional groups attached to an aromatic ring is 1. The van der Waals surface area contributed by atoms with E-state index in [0.717, 1.165) is 44.1 Å². The number of aromatic nitrogens is 2. The van der Waals surface area contributed by atoms with Gasteiger partial charge in [-0.05, 0) is 37.0 Å². The van der Waals surface area contributed by atoms with Gasteiger partial charge in [-0.2, -0.15) is 0 Å². The minimum atomic E-state index is -0.599. The number of carbonyl (C=O) groups is 1. The zero-order valence-corrected chi connectivity index (χ0v) is 19.3. The van der Waals surface area contributed by atoms with Crippen LogP contribution in [0.5, 0.6) is 0 Å². The largest absolute Gasteiger partial charge is 0.383 e. The number of amides is 1. The van der Waals surface area contributed by atoms with E-state index in [4.69, 9.17) is 17.3 Å². The Morgan fingerprint density at radius 1 is 1.26 bits per heavy atom. The van der Waals surface area contributed by atoms with Gasteiger partial charge in [0.1, 0.15) is 5.82 Å². The summed E-state index contributed by atoms with van der Waals surface area (Å²) in [6.07, 6.45) is 5.28. The molecule has 0 unspecified atom stereocenters. The Kier molecular flexibility index (Phi) is 8.26. The molecule has 1 amide bonds. The lowest BCUT2D eigenvalue weighted by Crippen LogP contribution is -2.46. The second kappa shape index (κ2) is 10.9. The van der Waals surface area contributed by atoms with Gasteiger partial charge in [-0.15, -0.1) is 11.8 Å². The zero-order chi connectivity index (χ0) is 22.4. The Labute approximate surface area is 191 Å². The predicted molar refractivity (Wildman–Crippen MR) is 128 cm³/mol. The molecular formula is C22H29ClN4O3S. The minimum Gasteiger partial charge on any atom is -0.383 e. The maximum absolute atomic E-state index is 13.3. The van der Waals surface area contributed by atoms with Crippen LogP contribution in [0, 0.1) is 0 Å². The van der Waals surface area contributed by atoms with E-state index in [1.807, 2.05) is 31.2 Å². The summed E-state index contributed by atoms with van der Waals surface area (Å²) in [5, 5.41) is 0.671. The SMILES string of the molecule is CCCCn1c(N)c(N(C(=O)CSCc2ccc(Cl)cc2)C2CCCC2)c(=O)[nH]c1=O. The number of hydrogen-bond acceptors (Lipinski definition) is 5. The second-order valence-electron chi connectivity index (χ2n) is 7.82. The Hall–Kier alpha value is -2.19. The summed E-state index contributed by atoms with van der Waals surface area (Å²) in [6.45, 7) is 2.42. The number of thioether (sulfide) groups is 1. The molecular weight excluding hydrogens is 436 g/mol. The molecule has 0 atom stereocenters. The van der Waals surface area contributed by atoms with Crippen molar-refractivity contribution in [3.63, 3.8) is 0 Å². The van der Waals surface area contributed by atoms with E-state index in [2.05, 4.69) is 4.98 Å². The second-order valence-corrected chi connectivity index (χ2v) is 9.24. The topological polar surface area (TPSA) is 101 Å². The number of anilines is 2. The molecule has 31 heavy (non-hydrogen) atoms. The minimum absolute atomic E-state index is 0.0742. The number of hydrogen-bond donors (Lipinski definition) is 2. The first-order valence-corrected chi connectivity index (χ1v) is 12.2. The molecule has 1 aliphatic carbocycles. The van der Waals surface area contributed by atoms with Crippen LogP contribution in [0.4, 0.5) is 11.5 Å². The summed E-state index contributed by atoms with van der Waals surface area (Å²) < 4.78 is 1.37. The van der Waals surface area contributed by atoms with Gasteiger partial charge < -0.3 is 10.6 Å². The number of aromatic amines is 1. The van der Waals surface area contributed by atoms with E-state index in [-0.39, 0.29) is 29.2 Å². The summed E-state index contributed by atoms with van der Waals surface area (Å²) in [6, 6.07) is 7.43. The highest BCUT2D eigenvalue weighted by Crippen LogP contribution is 2.30. The van der Waals surface area contributed by atoms with Crippen molar-refractivity contribution >= 4 is 40.8 Å². The molecule has 0 aliphatic heterocycles. The molecule has 9 heteroatoms. The molecule has 1 fully saturated rings. The molecule has 7 nitrogen and oxygen atoms in total. The molecule has 1 aliphatic rings. The molecule has 3 N–H and O–H groups in total. The number of nitrogens with zero attached hydrogens (tertiary/aromatic N) is 2. The van der Waals surface area contributed by atoms with Crippen LogP contribution in [0.3, 0.4) is 0 Å². The Bertz CT molecular complexity index is 1010. The summed E-state index contributed by atoms with van der Waals surface area (Å²) in [5.74, 6) is 0.781. The molecule has 0 spiro atoms. The average Bonchev–Trinajstić information content (AvgIpc) is 3.26. The van der Waals surface area contributed by atoms with Crippen molar-refractivity contribution in [3.05, 3.63) is 55.7 Å². The molecule has 0 saturated heterocycles. The number of halogens is 1. The maximum Gasteiger partial charge on any atom is 0.330 e. The lowest BCUT2D eigenvalue weighted by atomic mass is 10.2. The van der Waals surface area contributed by atoms with Gasteiger partial charge in [-0.25, -0.2) is 4.79 Å². The van der Waals surface area contributed by atoms with Crippen LogP contribution in [0.25, 0.3) is 0 Å². The van der Waals surface area contributed by atoms with Gasteiger partial charge in [0, 0.05) is 23.4 Å². The van der Waals surface area contributed by atoms with Gasteiger partial charge in [0.2, 0.25) is 5.91 Å². The van der Waals surface area contributed by atoms with Crippen LogP contribution in [-0.4, -0.2) is 27.3 Å². The van der Waals surface area contributed by atoms with E-state index in [1.165, 1.54) is 16.3 Å². The first kappa shape index (κ1) is 23.5. The molecule has 1 aromatic carbocycles. The number of nitrogens with two attached hydrogens (primary N) is 1. The standard InChI is InChI=1S/C22H29ClN4O3S/c1-2-3-12-26-20(24)19(21(29)25-22(26)30)27(17-6-4-5-7-17)18(28)14-31-13-15-8-10-16(23)11-9-15/h8-11,17H,2-7,12-14,24H2,1H3,(H,25,29,30). The van der Waals surface area contributed by atoms with Crippen LogP contribution in [0.2, 0.25) is 5.02 Å². The molecule has 1 heterocycles. The lowest BCUT2D eigenvalue weighted by molar-refractivity contribution is -0.116. The highest BCUT2D eigenvalue weighted by Gasteiger charge is 2.32. The molecule has 2 aromatic rings. The van der Waals surface area contributed by atoms with Crippen molar-refractivity contribution in [2.75, 3.05) is 16.4 Å². The normalized spacial score (nSPS) is 14.1. The Morgan fingerprint density at radius 2 is 1.94 bits per heavy atom. The van der Waals surface area contributed by atoms with E-state index in [1.54, 1.807) is 4.90 Å². The van der Waals surface area contributed by atoms with Crippen molar-refractivity contribution in [2.45, 2.75) is 63.8 Å². The fourth-order valence-electron chi connectivity index (χ4n) is 3.93. The summed E-state index contributed by atoms with van der Waals surface area (Å²) in [7, 11) is 0. The summed E-state index contributed by atoms with van der Waals surface area (Å²) >= 11 is 7.41. The molecule has 1 saturated carbocycles. The van der Waals surface area contributed by atoms with E-state index in [9.17, 15) is 14.4 Å². The number of carbonyl (C=O) groups excluding carboxylic acids is 1. The van der Waals surface area contributed by atoms with Gasteiger partial charge in [-0.3, -0.25) is 19.1 Å². The highest BCUT2D eigenvalue weighted by molar-refractivity contribution is 7.99. The molecule has 168 valence electrons. The number of benzene rings is 1. The quantitative estimate of drug-likeness (QED) is 0.588. The monoisotopic (exact) mass is 464 g/mol. The summed E-state index contributed by atoms with van der Waals surface area (Å²) in [4.78, 5) is 42.2. The van der Waals surface area contributed by atoms with Gasteiger partial charge >= 0.3 is 5.69 Å². The third-order valence-corrected chi connectivity index (χ3v) is 6.80. The van der Waals surface area contributed by atoms with E-state index >= 15 is 0 Å². The number of rotatable bonds is 9. The van der Waals surface area contributed by atoms with Crippen LogP contribution in [0.15, 0.2) is 33.9 Å². The smallest absolute Gasteiger partial charge is 0.330 e. The van der Waals surface area contributed by atoms with Gasteiger partial charge in [0.25, 0.3) is 5.56 Å². The van der Waals surface area contributed by atoms with E-state index in [0.29, 0.717) is 17.3 Å². The van der Waals surface area contributed by atoms with Gasteiger partial charge in [-0.1, -0.05) is 49.9 Å². The number of nitrogens with one attached hydrogen (secondary N) is 1. The lowest BCUT2D eigenvalue weighted by Gasteiger charge is -2.30. The first-order valence-electron chi connectivity index (χ1n) is 10.7. The third kappa shape index (κ3) is 5.74. The fraction of sp³-hybridized carbons (Fsp3) is 0.500. The van der Waals surface area contributed by atoms with Crippen LogP contribution in [-0.2, 0) is 17.1 Å². The van der Waals surface area contributed by atoms with Gasteiger partial charge in [0.05, 0.1) is 5.75 Å². The fourth-order valence-corrected chi connectivity index (χ4v) is 4.90. The molecule has 1 aromatic heterocycles. The Morgan fingerprint density at radius 3 is 2.58 bits per heavy atom. The highest BCUT2D eigenvalue weighted by atomic mass is 35.5. The van der Waals surface area contributed by atoms with Crippen molar-refractivity contribution in [1.29, 1.82) is 0 Å². The number of unbranched alkanes of at least 4 members (excludes halogenated alkanes) is 1. The van der Waals surface area contributed by atoms with Crippen LogP contribution < -0.4 is 21.9 Å². The van der Waals surface area contributed by atoms with Crippen LogP contribution >= 0.6 is 23.4 Å². The molecule has 0 radical (unpaired) electrons. The zero-order valence-electron chi connectivity index (χ0n) is 17.7. The van der Waals surface area contributed by atoms with Crippen molar-refractivity contribution in [1.82, 2.24) is 9.55 Å². The number of H-pyrrole nitrogens is 1.